The average Bonchev–Trinajstić information content (AvgIpc) is 3.15. The molecule has 1 aliphatic heterocycles. The summed E-state index contributed by atoms with van der Waals surface area (Å²) in [6.07, 6.45) is 2.13. The highest BCUT2D eigenvalue weighted by atomic mass is 35.5. The van der Waals surface area contributed by atoms with E-state index in [0.29, 0.717) is 32.9 Å². The Morgan fingerprint density at radius 3 is 2.97 bits per heavy atom. The standard InChI is InChI=1S/C21H23ClFN5O/c1-12-17(23)10-16(21(27-29)24-15-7-3-6-14(22)9-15)19-18(12)25-20(26-19)13-5-4-8-28(2)11-13/h3,6-7,9-10,13,29H,4-5,8,11H2,1-2H3,(H,24,27)(H,25,26). The van der Waals surface area contributed by atoms with Crippen molar-refractivity contribution in [3.8, 4) is 0 Å². The predicted octanol–water partition coefficient (Wildman–Crippen LogP) is 4.53. The van der Waals surface area contributed by atoms with Crippen molar-refractivity contribution in [3.63, 3.8) is 0 Å². The molecule has 0 saturated carbocycles. The molecule has 1 saturated heterocycles. The molecule has 1 fully saturated rings. The van der Waals surface area contributed by atoms with Crippen molar-refractivity contribution in [2.75, 3.05) is 20.1 Å². The van der Waals surface area contributed by atoms with Gasteiger partial charge in [0, 0.05) is 28.6 Å². The number of likely N-dealkylation sites (tertiary alicyclic amines) is 1. The molecule has 0 spiro atoms. The van der Waals surface area contributed by atoms with Crippen LogP contribution in [0.2, 0.25) is 5.02 Å². The Kier molecular flexibility index (Phi) is 5.54. The van der Waals surface area contributed by atoms with Gasteiger partial charge in [0.1, 0.15) is 11.6 Å². The number of amidine groups is 1. The molecule has 0 aliphatic carbocycles. The molecule has 2 heterocycles. The normalized spacial score (nSPS) is 18.4. The van der Waals surface area contributed by atoms with Gasteiger partial charge in [-0.15, -0.1) is 0 Å². The van der Waals surface area contributed by atoms with Crippen LogP contribution in [0.3, 0.4) is 0 Å². The van der Waals surface area contributed by atoms with E-state index in [-0.39, 0.29) is 11.8 Å². The number of nitrogens with zero attached hydrogens (tertiary/aromatic N) is 3. The Labute approximate surface area is 173 Å². The summed E-state index contributed by atoms with van der Waals surface area (Å²) < 4.78 is 14.7. The molecule has 1 aromatic heterocycles. The summed E-state index contributed by atoms with van der Waals surface area (Å²) in [5, 5.41) is 10.3. The average molecular weight is 416 g/mol. The number of aromatic nitrogens is 2. The summed E-state index contributed by atoms with van der Waals surface area (Å²) in [5.74, 6) is 0.806. The number of imidazole rings is 1. The summed E-state index contributed by atoms with van der Waals surface area (Å²) >= 11 is 6.03. The highest BCUT2D eigenvalue weighted by Crippen LogP contribution is 2.30. The zero-order valence-electron chi connectivity index (χ0n) is 16.3. The number of hydroxylamine groups is 1. The fourth-order valence-electron chi connectivity index (χ4n) is 3.87. The fraction of sp³-hybridized carbons (Fsp3) is 0.333. The van der Waals surface area contributed by atoms with Gasteiger partial charge in [-0.05, 0) is 57.6 Å². The summed E-state index contributed by atoms with van der Waals surface area (Å²) in [6, 6.07) is 8.27. The number of fused-ring (bicyclic) bond motifs is 1. The van der Waals surface area contributed by atoms with Crippen LogP contribution in [-0.2, 0) is 0 Å². The Balaban J connectivity index is 1.84. The zero-order valence-corrected chi connectivity index (χ0v) is 17.1. The minimum atomic E-state index is -0.402. The van der Waals surface area contributed by atoms with E-state index < -0.39 is 5.82 Å². The highest BCUT2D eigenvalue weighted by molar-refractivity contribution is 6.30. The van der Waals surface area contributed by atoms with Gasteiger partial charge in [-0.2, -0.15) is 0 Å². The SMILES string of the molecule is Cc1c(F)cc(C(=Nc2cccc(Cl)c2)NO)c2[nH]c(C3CCCN(C)C3)nc12. The van der Waals surface area contributed by atoms with Crippen molar-refractivity contribution in [3.05, 3.63) is 58.1 Å². The molecular weight excluding hydrogens is 393 g/mol. The third kappa shape index (κ3) is 3.99. The van der Waals surface area contributed by atoms with E-state index in [1.165, 1.54) is 6.07 Å². The summed E-state index contributed by atoms with van der Waals surface area (Å²) in [7, 11) is 2.09. The first-order valence-corrected chi connectivity index (χ1v) is 9.96. The third-order valence-corrected chi connectivity index (χ3v) is 5.63. The molecule has 0 radical (unpaired) electrons. The molecule has 152 valence electrons. The molecule has 2 aromatic carbocycles. The van der Waals surface area contributed by atoms with Gasteiger partial charge in [0.15, 0.2) is 5.84 Å². The first-order valence-electron chi connectivity index (χ1n) is 9.58. The Hall–Kier alpha value is -2.48. The second-order valence-corrected chi connectivity index (χ2v) is 7.97. The molecule has 3 aromatic rings. The van der Waals surface area contributed by atoms with E-state index >= 15 is 0 Å². The van der Waals surface area contributed by atoms with Crippen LogP contribution in [-0.4, -0.2) is 46.0 Å². The number of hydrogen-bond donors (Lipinski definition) is 3. The van der Waals surface area contributed by atoms with Gasteiger partial charge in [0.25, 0.3) is 0 Å². The number of aromatic amines is 1. The van der Waals surface area contributed by atoms with E-state index in [4.69, 9.17) is 16.6 Å². The summed E-state index contributed by atoms with van der Waals surface area (Å²) in [6.45, 7) is 3.68. The van der Waals surface area contributed by atoms with Crippen LogP contribution in [0.25, 0.3) is 11.0 Å². The highest BCUT2D eigenvalue weighted by Gasteiger charge is 2.24. The Morgan fingerprint density at radius 1 is 1.41 bits per heavy atom. The van der Waals surface area contributed by atoms with Crippen molar-refractivity contribution in [1.82, 2.24) is 20.3 Å². The summed E-state index contributed by atoms with van der Waals surface area (Å²) in [4.78, 5) is 14.8. The smallest absolute Gasteiger partial charge is 0.159 e. The van der Waals surface area contributed by atoms with Crippen LogP contribution in [0.4, 0.5) is 10.1 Å². The van der Waals surface area contributed by atoms with Crippen molar-refractivity contribution in [2.45, 2.75) is 25.7 Å². The quantitative estimate of drug-likeness (QED) is 0.333. The molecule has 1 atom stereocenters. The number of likely N-dealkylation sites (N-methyl/N-ethyl adjacent to an activating group) is 1. The van der Waals surface area contributed by atoms with Gasteiger partial charge in [-0.1, -0.05) is 17.7 Å². The number of aryl methyl sites for hydroxylation is 1. The first-order chi connectivity index (χ1) is 14.0. The Morgan fingerprint density at radius 2 is 2.24 bits per heavy atom. The number of rotatable bonds is 3. The van der Waals surface area contributed by atoms with Crippen LogP contribution in [0.5, 0.6) is 0 Å². The predicted molar refractivity (Wildman–Crippen MR) is 113 cm³/mol. The van der Waals surface area contributed by atoms with Gasteiger partial charge in [0.2, 0.25) is 0 Å². The number of piperidine rings is 1. The lowest BCUT2D eigenvalue weighted by Gasteiger charge is -2.28. The lowest BCUT2D eigenvalue weighted by molar-refractivity contribution is 0.235. The largest absolute Gasteiger partial charge is 0.341 e. The third-order valence-electron chi connectivity index (χ3n) is 5.40. The van der Waals surface area contributed by atoms with Gasteiger partial charge < -0.3 is 9.88 Å². The second-order valence-electron chi connectivity index (χ2n) is 7.53. The van der Waals surface area contributed by atoms with Crippen LogP contribution in [0, 0.1) is 12.7 Å². The minimum absolute atomic E-state index is 0.118. The van der Waals surface area contributed by atoms with Crippen molar-refractivity contribution < 1.29 is 9.60 Å². The zero-order chi connectivity index (χ0) is 20.5. The van der Waals surface area contributed by atoms with E-state index in [9.17, 15) is 9.60 Å². The van der Waals surface area contributed by atoms with Gasteiger partial charge in [0.05, 0.1) is 16.7 Å². The van der Waals surface area contributed by atoms with Gasteiger partial charge in [-0.3, -0.25) is 10.7 Å². The van der Waals surface area contributed by atoms with Crippen LogP contribution < -0.4 is 5.48 Å². The minimum Gasteiger partial charge on any atom is -0.341 e. The molecule has 0 bridgehead atoms. The molecule has 8 heteroatoms. The molecule has 29 heavy (non-hydrogen) atoms. The maximum Gasteiger partial charge on any atom is 0.159 e. The number of halogens is 2. The van der Waals surface area contributed by atoms with Crippen LogP contribution in [0.1, 0.15) is 35.7 Å². The van der Waals surface area contributed by atoms with E-state index in [0.717, 1.165) is 31.8 Å². The second kappa shape index (κ2) is 8.10. The van der Waals surface area contributed by atoms with E-state index in [1.54, 1.807) is 31.2 Å². The molecule has 1 unspecified atom stereocenters. The Bertz CT molecular complexity index is 1080. The number of aliphatic imine (C=N–C) groups is 1. The van der Waals surface area contributed by atoms with Crippen molar-refractivity contribution in [2.24, 2.45) is 4.99 Å². The molecule has 1 aliphatic rings. The van der Waals surface area contributed by atoms with Crippen LogP contribution in [0.15, 0.2) is 35.3 Å². The maximum absolute atomic E-state index is 14.7. The molecule has 0 amide bonds. The maximum atomic E-state index is 14.7. The van der Waals surface area contributed by atoms with Crippen molar-refractivity contribution in [1.29, 1.82) is 0 Å². The first kappa shape index (κ1) is 19.8. The number of hydrogen-bond acceptors (Lipinski definition) is 4. The van der Waals surface area contributed by atoms with E-state index in [1.807, 2.05) is 0 Å². The van der Waals surface area contributed by atoms with Gasteiger partial charge in [-0.25, -0.2) is 14.4 Å². The number of benzene rings is 2. The molecule has 6 nitrogen and oxygen atoms in total. The van der Waals surface area contributed by atoms with E-state index in [2.05, 4.69) is 27.4 Å². The fourth-order valence-corrected chi connectivity index (χ4v) is 4.05. The molecule has 4 rings (SSSR count). The molecule has 3 N–H and O–H groups in total. The van der Waals surface area contributed by atoms with Crippen LogP contribution >= 0.6 is 11.6 Å². The topological polar surface area (TPSA) is 76.5 Å². The monoisotopic (exact) mass is 415 g/mol. The number of H-pyrrole nitrogens is 1. The van der Waals surface area contributed by atoms with Gasteiger partial charge >= 0.3 is 0 Å². The lowest BCUT2D eigenvalue weighted by atomic mass is 9.98. The lowest BCUT2D eigenvalue weighted by Crippen LogP contribution is -2.31. The number of nitrogens with one attached hydrogen (secondary N) is 2. The summed E-state index contributed by atoms with van der Waals surface area (Å²) in [5.41, 5.74) is 4.72. The van der Waals surface area contributed by atoms with Crippen molar-refractivity contribution >= 4 is 34.2 Å². The molecular formula is C21H23ClFN5O.